The second-order valence-electron chi connectivity index (χ2n) is 8.00. The van der Waals surface area contributed by atoms with Crippen LogP contribution in [0.15, 0.2) is 48.8 Å². The van der Waals surface area contributed by atoms with Crippen LogP contribution in [0.25, 0.3) is 11.4 Å². The van der Waals surface area contributed by atoms with Crippen LogP contribution in [0.5, 0.6) is 0 Å². The Kier molecular flexibility index (Phi) is 5.42. The lowest BCUT2D eigenvalue weighted by molar-refractivity contribution is 0.244. The topological polar surface area (TPSA) is 38.9 Å². The van der Waals surface area contributed by atoms with Gasteiger partial charge in [0.25, 0.3) is 0 Å². The van der Waals surface area contributed by atoms with Crippen LogP contribution in [-0.4, -0.2) is 31.3 Å². The van der Waals surface area contributed by atoms with Crippen LogP contribution >= 0.6 is 12.2 Å². The van der Waals surface area contributed by atoms with E-state index in [0.717, 1.165) is 22.7 Å². The van der Waals surface area contributed by atoms with E-state index >= 15 is 0 Å². The van der Waals surface area contributed by atoms with Crippen LogP contribution in [0.1, 0.15) is 49.8 Å². The number of aromatic nitrogens is 4. The van der Waals surface area contributed by atoms with Crippen LogP contribution in [0.3, 0.4) is 0 Å². The third-order valence-electron chi connectivity index (χ3n) is 5.18. The normalized spacial score (nSPS) is 14.2. The number of hydrogen-bond donors (Lipinski definition) is 0. The fraction of sp³-hybridized carbons (Fsp3) is 0.409. The first-order valence-electron chi connectivity index (χ1n) is 9.90. The highest BCUT2D eigenvalue weighted by Crippen LogP contribution is 2.38. The number of pyridine rings is 1. The number of nitrogens with zero attached hydrogens (tertiary/aromatic N) is 5. The van der Waals surface area contributed by atoms with Crippen molar-refractivity contribution in [3.8, 4) is 11.4 Å². The highest BCUT2D eigenvalue weighted by Gasteiger charge is 2.29. The fourth-order valence-corrected chi connectivity index (χ4v) is 3.80. The molecule has 4 rings (SSSR count). The zero-order valence-electron chi connectivity index (χ0n) is 16.7. The van der Waals surface area contributed by atoms with Gasteiger partial charge in [-0.2, -0.15) is 5.10 Å². The molecular formula is C22H27N5S. The van der Waals surface area contributed by atoms with E-state index in [2.05, 4.69) is 59.6 Å². The van der Waals surface area contributed by atoms with Gasteiger partial charge in [-0.1, -0.05) is 38.1 Å². The van der Waals surface area contributed by atoms with Crippen LogP contribution in [0.2, 0.25) is 0 Å². The molecule has 2 aromatic heterocycles. The van der Waals surface area contributed by atoms with Gasteiger partial charge in [-0.25, -0.2) is 4.68 Å². The van der Waals surface area contributed by atoms with Gasteiger partial charge in [-0.3, -0.25) is 14.5 Å². The Morgan fingerprint density at radius 3 is 2.54 bits per heavy atom. The van der Waals surface area contributed by atoms with Crippen LogP contribution in [0, 0.1) is 4.77 Å². The summed E-state index contributed by atoms with van der Waals surface area (Å²) in [5.74, 6) is 1.48. The van der Waals surface area contributed by atoms with E-state index in [1.165, 1.54) is 24.0 Å². The molecular weight excluding hydrogens is 366 g/mol. The monoisotopic (exact) mass is 393 g/mol. The van der Waals surface area contributed by atoms with Gasteiger partial charge < -0.3 is 0 Å². The minimum Gasteiger partial charge on any atom is -0.297 e. The molecule has 28 heavy (non-hydrogen) atoms. The lowest BCUT2D eigenvalue weighted by atomic mass is 10.0. The van der Waals surface area contributed by atoms with E-state index in [0.29, 0.717) is 18.6 Å². The summed E-state index contributed by atoms with van der Waals surface area (Å²) in [6.45, 7) is 5.97. The van der Waals surface area contributed by atoms with Crippen molar-refractivity contribution in [2.75, 3.05) is 7.05 Å². The van der Waals surface area contributed by atoms with E-state index in [-0.39, 0.29) is 0 Å². The first-order chi connectivity index (χ1) is 13.5. The minimum atomic E-state index is 0.477. The largest absolute Gasteiger partial charge is 0.297 e. The van der Waals surface area contributed by atoms with E-state index in [4.69, 9.17) is 17.3 Å². The Labute approximate surface area is 171 Å². The molecule has 0 saturated heterocycles. The summed E-state index contributed by atoms with van der Waals surface area (Å²) in [5.41, 5.74) is 3.69. The maximum atomic E-state index is 5.77. The molecule has 1 fully saturated rings. The molecule has 1 aliphatic rings. The highest BCUT2D eigenvalue weighted by molar-refractivity contribution is 7.71. The van der Waals surface area contributed by atoms with E-state index in [1.54, 1.807) is 6.20 Å². The van der Waals surface area contributed by atoms with Gasteiger partial charge in [-0.15, -0.1) is 0 Å². The molecule has 0 bridgehead atoms. The van der Waals surface area contributed by atoms with Crippen LogP contribution in [0.4, 0.5) is 0 Å². The smallest absolute Gasteiger partial charge is 0.199 e. The van der Waals surface area contributed by atoms with E-state index in [9.17, 15) is 0 Å². The van der Waals surface area contributed by atoms with Gasteiger partial charge in [0.15, 0.2) is 10.6 Å². The Hall–Kier alpha value is -2.31. The molecule has 1 saturated carbocycles. The zero-order valence-corrected chi connectivity index (χ0v) is 17.6. The van der Waals surface area contributed by atoms with Gasteiger partial charge in [0.1, 0.15) is 0 Å². The van der Waals surface area contributed by atoms with Crippen molar-refractivity contribution < 1.29 is 0 Å². The molecule has 5 nitrogen and oxygen atoms in total. The summed E-state index contributed by atoms with van der Waals surface area (Å²) < 4.78 is 4.94. The van der Waals surface area contributed by atoms with Crippen LogP contribution in [-0.2, 0) is 13.2 Å². The molecule has 146 valence electrons. The summed E-state index contributed by atoms with van der Waals surface area (Å²) in [6.07, 6.45) is 5.99. The summed E-state index contributed by atoms with van der Waals surface area (Å²) in [6, 6.07) is 13.4. The molecule has 1 aromatic carbocycles. The highest BCUT2D eigenvalue weighted by atomic mass is 32.1. The molecule has 0 unspecified atom stereocenters. The standard InChI is InChI=1S/C22H27N5S/c1-16(2)18-8-6-17(7-9-18)14-25(3)15-26-22(28)27(20-10-11-20)21(24-26)19-5-4-12-23-13-19/h4-9,12-13,16,20H,10-11,14-15H2,1-3H3. The SMILES string of the molecule is CC(C)c1ccc(CN(C)Cn2nc(-c3cccnc3)n(C3CC3)c2=S)cc1. The molecule has 0 radical (unpaired) electrons. The molecule has 0 N–H and O–H groups in total. The summed E-state index contributed by atoms with van der Waals surface area (Å²) >= 11 is 5.77. The van der Waals surface area contributed by atoms with Gasteiger partial charge in [0.2, 0.25) is 0 Å². The average Bonchev–Trinajstić information content (AvgIpc) is 3.47. The van der Waals surface area contributed by atoms with Crippen molar-refractivity contribution in [1.29, 1.82) is 0 Å². The van der Waals surface area contributed by atoms with Gasteiger partial charge in [0, 0.05) is 30.5 Å². The zero-order chi connectivity index (χ0) is 19.7. The van der Waals surface area contributed by atoms with Crippen molar-refractivity contribution in [2.24, 2.45) is 0 Å². The van der Waals surface area contributed by atoms with Gasteiger partial charge in [0.05, 0.1) is 6.67 Å². The van der Waals surface area contributed by atoms with Gasteiger partial charge in [-0.05, 0) is 61.3 Å². The number of benzene rings is 1. The van der Waals surface area contributed by atoms with E-state index < -0.39 is 0 Å². The van der Waals surface area contributed by atoms with Crippen molar-refractivity contribution in [3.63, 3.8) is 0 Å². The Balaban J connectivity index is 1.54. The molecule has 0 atom stereocenters. The van der Waals surface area contributed by atoms with E-state index in [1.807, 2.05) is 23.0 Å². The second kappa shape index (κ2) is 7.97. The maximum Gasteiger partial charge on any atom is 0.199 e. The summed E-state index contributed by atoms with van der Waals surface area (Å²) in [7, 11) is 2.11. The first kappa shape index (κ1) is 19.0. The molecule has 1 aliphatic carbocycles. The molecule has 6 heteroatoms. The average molecular weight is 394 g/mol. The van der Waals surface area contributed by atoms with Crippen molar-refractivity contribution in [3.05, 3.63) is 64.7 Å². The summed E-state index contributed by atoms with van der Waals surface area (Å²) in [4.78, 5) is 6.50. The fourth-order valence-electron chi connectivity index (χ4n) is 3.46. The predicted molar refractivity (Wildman–Crippen MR) is 115 cm³/mol. The predicted octanol–water partition coefficient (Wildman–Crippen LogP) is 5.02. The quantitative estimate of drug-likeness (QED) is 0.528. The Bertz CT molecular complexity index is 984. The lowest BCUT2D eigenvalue weighted by Crippen LogP contribution is -2.22. The minimum absolute atomic E-state index is 0.477. The number of hydrogen-bond acceptors (Lipinski definition) is 4. The maximum absolute atomic E-state index is 5.77. The Morgan fingerprint density at radius 1 is 1.18 bits per heavy atom. The molecule has 0 aliphatic heterocycles. The molecule has 2 heterocycles. The van der Waals surface area contributed by atoms with Crippen molar-refractivity contribution in [2.45, 2.75) is 51.9 Å². The lowest BCUT2D eigenvalue weighted by Gasteiger charge is -2.17. The van der Waals surface area contributed by atoms with Crippen molar-refractivity contribution in [1.82, 2.24) is 24.2 Å². The Morgan fingerprint density at radius 2 is 1.93 bits per heavy atom. The first-order valence-corrected chi connectivity index (χ1v) is 10.3. The van der Waals surface area contributed by atoms with Crippen LogP contribution < -0.4 is 0 Å². The number of rotatable bonds is 7. The molecule has 3 aromatic rings. The van der Waals surface area contributed by atoms with Gasteiger partial charge >= 0.3 is 0 Å². The van der Waals surface area contributed by atoms with Crippen molar-refractivity contribution >= 4 is 12.2 Å². The summed E-state index contributed by atoms with van der Waals surface area (Å²) in [5, 5.41) is 4.85. The molecule has 0 amide bonds. The third kappa shape index (κ3) is 4.08. The second-order valence-corrected chi connectivity index (χ2v) is 8.37. The third-order valence-corrected chi connectivity index (χ3v) is 5.58. The molecule has 0 spiro atoms.